The van der Waals surface area contributed by atoms with Gasteiger partial charge in [0.1, 0.15) is 5.01 Å². The molecule has 2 heterocycles. The molecule has 1 saturated heterocycles. The van der Waals surface area contributed by atoms with E-state index in [0.717, 1.165) is 9.88 Å². The molecule has 2 rings (SSSR count). The topological polar surface area (TPSA) is 82.5 Å². The van der Waals surface area contributed by atoms with E-state index >= 15 is 0 Å². The van der Waals surface area contributed by atoms with E-state index in [1.165, 1.54) is 0 Å². The highest BCUT2D eigenvalue weighted by molar-refractivity contribution is 7.11. The average molecular weight is 297 g/mol. The van der Waals surface area contributed by atoms with Crippen LogP contribution in [0.25, 0.3) is 0 Å². The number of carbonyl (C=O) groups is 2. The lowest BCUT2D eigenvalue weighted by Crippen LogP contribution is -2.44. The number of carboxylic acid groups (broad SMARTS) is 1. The van der Waals surface area contributed by atoms with Crippen molar-refractivity contribution in [2.75, 3.05) is 6.54 Å². The fraction of sp³-hybridized carbons (Fsp3) is 0.615. The van der Waals surface area contributed by atoms with Crippen LogP contribution < -0.4 is 5.32 Å². The van der Waals surface area contributed by atoms with Crippen molar-refractivity contribution in [2.45, 2.75) is 39.3 Å². The minimum Gasteiger partial charge on any atom is -0.481 e. The van der Waals surface area contributed by atoms with Crippen LogP contribution >= 0.6 is 11.3 Å². The Morgan fingerprint density at radius 2 is 2.30 bits per heavy atom. The van der Waals surface area contributed by atoms with Crippen molar-refractivity contribution < 1.29 is 14.7 Å². The Hall–Kier alpha value is -1.63. The van der Waals surface area contributed by atoms with E-state index in [0.29, 0.717) is 13.0 Å². The van der Waals surface area contributed by atoms with Crippen LogP contribution in [0.15, 0.2) is 6.20 Å². The van der Waals surface area contributed by atoms with Gasteiger partial charge in [0.2, 0.25) is 0 Å². The van der Waals surface area contributed by atoms with Crippen molar-refractivity contribution in [1.82, 2.24) is 15.2 Å². The Labute approximate surface area is 121 Å². The highest BCUT2D eigenvalue weighted by Crippen LogP contribution is 2.25. The summed E-state index contributed by atoms with van der Waals surface area (Å²) >= 11 is 1.55. The summed E-state index contributed by atoms with van der Waals surface area (Å²) < 4.78 is 0. The fourth-order valence-corrected chi connectivity index (χ4v) is 3.24. The lowest BCUT2D eigenvalue weighted by Gasteiger charge is -2.25. The Kier molecular flexibility index (Phi) is 4.27. The number of rotatable bonds is 3. The first-order valence-corrected chi connectivity index (χ1v) is 7.44. The standard InChI is InChI=1S/C13H19N3O3S/c1-7-6-14-11(20-7)8(2)15-13(19)16-5-4-10(9(16)3)12(17)18/h6,8-10H,4-5H2,1-3H3,(H,15,19)(H,17,18). The van der Waals surface area contributed by atoms with Crippen LogP contribution in [0.3, 0.4) is 0 Å². The predicted molar refractivity (Wildman–Crippen MR) is 75.7 cm³/mol. The molecule has 1 aromatic heterocycles. The van der Waals surface area contributed by atoms with Gasteiger partial charge in [-0.15, -0.1) is 11.3 Å². The van der Waals surface area contributed by atoms with Crippen LogP contribution in [0, 0.1) is 12.8 Å². The highest BCUT2D eigenvalue weighted by Gasteiger charge is 2.38. The lowest BCUT2D eigenvalue weighted by molar-refractivity contribution is -0.142. The second kappa shape index (κ2) is 5.78. The molecule has 110 valence electrons. The van der Waals surface area contributed by atoms with Crippen molar-refractivity contribution in [1.29, 1.82) is 0 Å². The van der Waals surface area contributed by atoms with Gasteiger partial charge in [0.25, 0.3) is 0 Å². The Bertz CT molecular complexity index is 517. The summed E-state index contributed by atoms with van der Waals surface area (Å²) in [6, 6.07) is -0.670. The van der Waals surface area contributed by atoms with E-state index in [2.05, 4.69) is 10.3 Å². The van der Waals surface area contributed by atoms with E-state index in [1.807, 2.05) is 13.8 Å². The van der Waals surface area contributed by atoms with Gasteiger partial charge in [-0.25, -0.2) is 9.78 Å². The van der Waals surface area contributed by atoms with Crippen LogP contribution in [0.4, 0.5) is 4.79 Å². The fourth-order valence-electron chi connectivity index (χ4n) is 2.46. The first-order valence-electron chi connectivity index (χ1n) is 6.62. The van der Waals surface area contributed by atoms with Gasteiger partial charge < -0.3 is 15.3 Å². The first kappa shape index (κ1) is 14.8. The van der Waals surface area contributed by atoms with Crippen LogP contribution in [-0.2, 0) is 4.79 Å². The van der Waals surface area contributed by atoms with Crippen molar-refractivity contribution >= 4 is 23.3 Å². The highest BCUT2D eigenvalue weighted by atomic mass is 32.1. The maximum Gasteiger partial charge on any atom is 0.318 e. The quantitative estimate of drug-likeness (QED) is 0.894. The monoisotopic (exact) mass is 297 g/mol. The SMILES string of the molecule is Cc1cnc(C(C)NC(=O)N2CCC(C(=O)O)C2C)s1. The molecule has 1 aromatic rings. The van der Waals surface area contributed by atoms with Gasteiger partial charge in [0.15, 0.2) is 0 Å². The minimum absolute atomic E-state index is 0.169. The third-order valence-corrected chi connectivity index (χ3v) is 4.78. The molecule has 0 bridgehead atoms. The van der Waals surface area contributed by atoms with E-state index in [4.69, 9.17) is 5.11 Å². The number of hydrogen-bond donors (Lipinski definition) is 2. The number of urea groups is 1. The number of nitrogens with zero attached hydrogens (tertiary/aromatic N) is 2. The minimum atomic E-state index is -0.837. The predicted octanol–water partition coefficient (Wildman–Crippen LogP) is 2.02. The summed E-state index contributed by atoms with van der Waals surface area (Å²) in [5, 5.41) is 12.8. The Morgan fingerprint density at radius 1 is 1.60 bits per heavy atom. The number of likely N-dealkylation sites (tertiary alicyclic amines) is 1. The first-order chi connectivity index (χ1) is 9.40. The molecule has 0 saturated carbocycles. The number of hydrogen-bond acceptors (Lipinski definition) is 4. The van der Waals surface area contributed by atoms with Crippen LogP contribution in [0.1, 0.15) is 36.2 Å². The molecule has 2 amide bonds. The van der Waals surface area contributed by atoms with E-state index in [-0.39, 0.29) is 18.1 Å². The molecule has 0 spiro atoms. The van der Waals surface area contributed by atoms with Gasteiger partial charge in [-0.2, -0.15) is 0 Å². The molecule has 0 radical (unpaired) electrons. The van der Waals surface area contributed by atoms with Gasteiger partial charge in [-0.3, -0.25) is 4.79 Å². The number of amides is 2. The van der Waals surface area contributed by atoms with Crippen molar-refractivity contribution in [3.8, 4) is 0 Å². The van der Waals surface area contributed by atoms with Gasteiger partial charge in [0, 0.05) is 23.7 Å². The zero-order chi connectivity index (χ0) is 14.9. The van der Waals surface area contributed by atoms with E-state index < -0.39 is 11.9 Å². The summed E-state index contributed by atoms with van der Waals surface area (Å²) in [4.78, 5) is 30.2. The molecule has 3 unspecified atom stereocenters. The molecule has 0 aliphatic carbocycles. The van der Waals surface area contributed by atoms with Gasteiger partial charge in [-0.05, 0) is 27.2 Å². The maximum absolute atomic E-state index is 12.2. The molecule has 2 N–H and O–H groups in total. The van der Waals surface area contributed by atoms with Crippen LogP contribution in [-0.4, -0.2) is 39.6 Å². The van der Waals surface area contributed by atoms with E-state index in [9.17, 15) is 9.59 Å². The largest absolute Gasteiger partial charge is 0.481 e. The molecular formula is C13H19N3O3S. The normalized spacial score (nSPS) is 23.6. The van der Waals surface area contributed by atoms with Crippen molar-refractivity contribution in [3.63, 3.8) is 0 Å². The third kappa shape index (κ3) is 2.92. The molecular weight excluding hydrogens is 278 g/mol. The second-order valence-corrected chi connectivity index (χ2v) is 6.41. The number of nitrogens with one attached hydrogen (secondary N) is 1. The Balaban J connectivity index is 1.97. The number of aromatic nitrogens is 1. The second-order valence-electron chi connectivity index (χ2n) is 5.15. The number of aliphatic carboxylic acids is 1. The molecule has 7 heteroatoms. The number of carboxylic acids is 1. The Morgan fingerprint density at radius 3 is 2.80 bits per heavy atom. The molecule has 3 atom stereocenters. The zero-order valence-electron chi connectivity index (χ0n) is 11.8. The lowest BCUT2D eigenvalue weighted by atomic mass is 10.0. The number of thiazole rings is 1. The number of aryl methyl sites for hydroxylation is 1. The summed E-state index contributed by atoms with van der Waals surface area (Å²) in [6.07, 6.45) is 2.29. The summed E-state index contributed by atoms with van der Waals surface area (Å²) in [7, 11) is 0. The molecule has 0 aromatic carbocycles. The molecule has 1 aliphatic heterocycles. The van der Waals surface area contributed by atoms with Crippen molar-refractivity contribution in [3.05, 3.63) is 16.1 Å². The zero-order valence-corrected chi connectivity index (χ0v) is 12.6. The maximum atomic E-state index is 12.2. The summed E-state index contributed by atoms with van der Waals surface area (Å²) in [5.41, 5.74) is 0. The molecule has 20 heavy (non-hydrogen) atoms. The third-order valence-electron chi connectivity index (χ3n) is 3.68. The summed E-state index contributed by atoms with van der Waals surface area (Å²) in [6.45, 7) is 6.11. The molecule has 1 fully saturated rings. The van der Waals surface area contributed by atoms with Gasteiger partial charge in [-0.1, -0.05) is 0 Å². The average Bonchev–Trinajstić information content (AvgIpc) is 2.95. The molecule has 6 nitrogen and oxygen atoms in total. The number of carbonyl (C=O) groups excluding carboxylic acids is 1. The van der Waals surface area contributed by atoms with Gasteiger partial charge >= 0.3 is 12.0 Å². The smallest absolute Gasteiger partial charge is 0.318 e. The van der Waals surface area contributed by atoms with E-state index in [1.54, 1.807) is 29.4 Å². The van der Waals surface area contributed by atoms with Gasteiger partial charge in [0.05, 0.1) is 12.0 Å². The van der Waals surface area contributed by atoms with Crippen molar-refractivity contribution in [2.24, 2.45) is 5.92 Å². The summed E-state index contributed by atoms with van der Waals surface area (Å²) in [5.74, 6) is -1.31. The van der Waals surface area contributed by atoms with Crippen LogP contribution in [0.2, 0.25) is 0 Å². The van der Waals surface area contributed by atoms with Crippen LogP contribution in [0.5, 0.6) is 0 Å². The molecule has 1 aliphatic rings.